The first kappa shape index (κ1) is 18.3. The van der Waals surface area contributed by atoms with Gasteiger partial charge in [0.2, 0.25) is 5.91 Å². The van der Waals surface area contributed by atoms with E-state index in [0.717, 1.165) is 47.5 Å². The van der Waals surface area contributed by atoms with Gasteiger partial charge in [0.05, 0.1) is 24.2 Å². The van der Waals surface area contributed by atoms with Crippen molar-refractivity contribution < 1.29 is 28.7 Å². The molecule has 1 amide bonds. The van der Waals surface area contributed by atoms with Gasteiger partial charge in [-0.2, -0.15) is 4.98 Å². The van der Waals surface area contributed by atoms with E-state index < -0.39 is 17.2 Å². The van der Waals surface area contributed by atoms with E-state index in [1.807, 2.05) is 0 Å². The molecule has 30 heavy (non-hydrogen) atoms. The number of carbonyl (C=O) groups excluding carboxylic acids is 1. The van der Waals surface area contributed by atoms with E-state index in [2.05, 4.69) is 15.5 Å². The van der Waals surface area contributed by atoms with E-state index in [1.165, 1.54) is 11.3 Å². The number of hydrogen-bond donors (Lipinski definition) is 2. The zero-order valence-corrected chi connectivity index (χ0v) is 17.0. The molecular weight excluding hydrogens is 410 g/mol. The Labute approximate surface area is 175 Å². The lowest BCUT2D eigenvalue weighted by Gasteiger charge is -2.17. The van der Waals surface area contributed by atoms with Crippen molar-refractivity contribution in [2.75, 3.05) is 11.9 Å². The third-order valence-electron chi connectivity index (χ3n) is 6.88. The van der Waals surface area contributed by atoms with Crippen molar-refractivity contribution in [1.82, 2.24) is 10.1 Å². The van der Waals surface area contributed by atoms with E-state index >= 15 is 0 Å². The Morgan fingerprint density at radius 1 is 1.30 bits per heavy atom. The maximum atomic E-state index is 13.3. The molecule has 2 atom stereocenters. The summed E-state index contributed by atoms with van der Waals surface area (Å²) in [5.41, 5.74) is 0.204. The maximum Gasteiger partial charge on any atom is 0.506 e. The third kappa shape index (κ3) is 2.63. The highest BCUT2D eigenvalue weighted by Gasteiger charge is 2.77. The number of ether oxygens (including phenoxy) is 2. The van der Waals surface area contributed by atoms with Crippen molar-refractivity contribution in [3.63, 3.8) is 0 Å². The number of anilines is 1. The summed E-state index contributed by atoms with van der Waals surface area (Å²) in [7, 11) is 0. The molecule has 0 unspecified atom stereocenters. The van der Waals surface area contributed by atoms with E-state index in [9.17, 15) is 9.59 Å². The van der Waals surface area contributed by atoms with Crippen molar-refractivity contribution in [2.45, 2.75) is 63.1 Å². The van der Waals surface area contributed by atoms with Crippen LogP contribution in [-0.2, 0) is 27.3 Å². The van der Waals surface area contributed by atoms with Gasteiger partial charge >= 0.3 is 6.16 Å². The Kier molecular flexibility index (Phi) is 3.83. The highest BCUT2D eigenvalue weighted by atomic mass is 32.1. The molecule has 0 aromatic carbocycles. The number of rotatable bonds is 5. The minimum absolute atomic E-state index is 0.191. The molecule has 3 saturated carbocycles. The molecule has 0 radical (unpaired) electrons. The number of carboxylic acid groups (broad SMARTS) is 1. The van der Waals surface area contributed by atoms with Crippen molar-refractivity contribution in [3.05, 3.63) is 16.3 Å². The minimum Gasteiger partial charge on any atom is -0.450 e. The van der Waals surface area contributed by atoms with Crippen molar-refractivity contribution in [3.8, 4) is 11.5 Å². The molecule has 10 heteroatoms. The fraction of sp³-hybridized carbons (Fsp3) is 0.600. The highest BCUT2D eigenvalue weighted by Crippen LogP contribution is 2.69. The van der Waals surface area contributed by atoms with Gasteiger partial charge in [0.1, 0.15) is 10.6 Å². The van der Waals surface area contributed by atoms with Gasteiger partial charge in [-0.15, -0.1) is 11.3 Å². The van der Waals surface area contributed by atoms with Crippen molar-refractivity contribution >= 4 is 28.4 Å². The van der Waals surface area contributed by atoms with Crippen LogP contribution in [0.15, 0.2) is 4.52 Å². The molecule has 2 N–H and O–H groups in total. The number of aromatic nitrogens is 2. The van der Waals surface area contributed by atoms with Gasteiger partial charge in [0.25, 0.3) is 5.89 Å². The third-order valence-corrected chi connectivity index (χ3v) is 8.00. The van der Waals surface area contributed by atoms with Gasteiger partial charge in [-0.3, -0.25) is 4.79 Å². The molecule has 3 aliphatic carbocycles. The van der Waals surface area contributed by atoms with Gasteiger partial charge in [-0.1, -0.05) is 5.16 Å². The van der Waals surface area contributed by atoms with Crippen molar-refractivity contribution in [2.24, 2.45) is 5.41 Å². The van der Waals surface area contributed by atoms with Crippen LogP contribution in [0.4, 0.5) is 9.80 Å². The summed E-state index contributed by atoms with van der Waals surface area (Å²) in [4.78, 5) is 30.1. The predicted octanol–water partition coefficient (Wildman–Crippen LogP) is 3.69. The van der Waals surface area contributed by atoms with Gasteiger partial charge in [-0.05, 0) is 44.1 Å². The van der Waals surface area contributed by atoms with Gasteiger partial charge in [-0.25, -0.2) is 4.79 Å². The van der Waals surface area contributed by atoms with Crippen LogP contribution in [0, 0.1) is 5.41 Å². The average Bonchev–Trinajstić information content (AvgIpc) is 3.50. The summed E-state index contributed by atoms with van der Waals surface area (Å²) in [6, 6.07) is 0. The molecule has 4 aliphatic rings. The van der Waals surface area contributed by atoms with Crippen LogP contribution in [0.5, 0.6) is 0 Å². The number of amides is 1. The summed E-state index contributed by atoms with van der Waals surface area (Å²) in [5.74, 6) is 1.33. The second-order valence-electron chi connectivity index (χ2n) is 8.67. The Balaban J connectivity index is 1.34. The predicted molar refractivity (Wildman–Crippen MR) is 104 cm³/mol. The lowest BCUT2D eigenvalue weighted by molar-refractivity contribution is -0.123. The molecule has 9 nitrogen and oxygen atoms in total. The van der Waals surface area contributed by atoms with Crippen molar-refractivity contribution in [1.29, 1.82) is 0 Å². The molecule has 0 saturated heterocycles. The molecule has 1 aliphatic heterocycles. The number of fused-ring (bicyclic) bond motifs is 2. The first-order valence-corrected chi connectivity index (χ1v) is 11.1. The SMILES string of the molecule is O=C(O)O[C@]12CCC[C@@]1(C(=O)Nc1sc3c(c1-c1nc(C4CC4)no1)CCOC3)C2. The fourth-order valence-electron chi connectivity index (χ4n) is 5.13. The quantitative estimate of drug-likeness (QED) is 0.687. The zero-order valence-electron chi connectivity index (χ0n) is 16.2. The summed E-state index contributed by atoms with van der Waals surface area (Å²) < 4.78 is 16.3. The van der Waals surface area contributed by atoms with Crippen LogP contribution in [0.25, 0.3) is 11.5 Å². The molecular formula is C20H21N3O6S. The zero-order chi connectivity index (χ0) is 20.5. The second-order valence-corrected chi connectivity index (χ2v) is 9.78. The molecule has 0 bridgehead atoms. The van der Waals surface area contributed by atoms with Crippen LogP contribution in [0.1, 0.15) is 60.7 Å². The van der Waals surface area contributed by atoms with E-state index in [-0.39, 0.29) is 5.91 Å². The first-order valence-electron chi connectivity index (χ1n) is 10.3. The smallest absolute Gasteiger partial charge is 0.450 e. The Morgan fingerprint density at radius 2 is 2.17 bits per heavy atom. The molecule has 158 valence electrons. The number of thiophene rings is 1. The highest BCUT2D eigenvalue weighted by molar-refractivity contribution is 7.17. The van der Waals surface area contributed by atoms with Gasteiger partial charge in [0.15, 0.2) is 5.82 Å². The average molecular weight is 431 g/mol. The lowest BCUT2D eigenvalue weighted by Crippen LogP contribution is -2.31. The maximum absolute atomic E-state index is 13.3. The van der Waals surface area contributed by atoms with Gasteiger partial charge < -0.3 is 24.4 Å². The number of carbonyl (C=O) groups is 2. The normalized spacial score (nSPS) is 29.2. The standard InChI is InChI=1S/C20H21N3O6S/c24-17(19-5-1-6-20(19,9-19)28-18(25)26)22-16-13(11-4-7-27-8-12(11)30-16)15-21-14(23-29-15)10-2-3-10/h10H,1-9H2,(H,22,24)(H,25,26)/t19-,20-/m0/s1. The largest absolute Gasteiger partial charge is 0.506 e. The van der Waals surface area contributed by atoms with E-state index in [4.69, 9.17) is 19.1 Å². The molecule has 2 aromatic heterocycles. The Hall–Kier alpha value is -2.46. The minimum atomic E-state index is -1.32. The Morgan fingerprint density at radius 3 is 2.97 bits per heavy atom. The topological polar surface area (TPSA) is 124 Å². The van der Waals surface area contributed by atoms with E-state index in [1.54, 1.807) is 0 Å². The summed E-state index contributed by atoms with van der Waals surface area (Å²) in [6.07, 6.45) is 3.97. The van der Waals surface area contributed by atoms with Gasteiger partial charge in [0, 0.05) is 17.2 Å². The van der Waals surface area contributed by atoms with Crippen LogP contribution >= 0.6 is 11.3 Å². The number of nitrogens with one attached hydrogen (secondary N) is 1. The molecule has 6 rings (SSSR count). The molecule has 3 fully saturated rings. The lowest BCUT2D eigenvalue weighted by atomic mass is 10.0. The fourth-order valence-corrected chi connectivity index (χ4v) is 6.30. The number of hydrogen-bond acceptors (Lipinski definition) is 8. The molecule has 3 heterocycles. The monoisotopic (exact) mass is 431 g/mol. The summed E-state index contributed by atoms with van der Waals surface area (Å²) in [5, 5.41) is 17.0. The van der Waals surface area contributed by atoms with Crippen LogP contribution in [-0.4, -0.2) is 39.5 Å². The Bertz CT molecular complexity index is 1060. The second kappa shape index (κ2) is 6.27. The van der Waals surface area contributed by atoms with Crippen LogP contribution < -0.4 is 5.32 Å². The van der Waals surface area contributed by atoms with Crippen LogP contribution in [0.3, 0.4) is 0 Å². The van der Waals surface area contributed by atoms with E-state index in [0.29, 0.717) is 49.3 Å². The molecule has 0 spiro atoms. The first-order chi connectivity index (χ1) is 14.5. The summed E-state index contributed by atoms with van der Waals surface area (Å²) in [6.45, 7) is 1.09. The summed E-state index contributed by atoms with van der Waals surface area (Å²) >= 11 is 1.47. The van der Waals surface area contributed by atoms with Crippen LogP contribution in [0.2, 0.25) is 0 Å². The molecule has 2 aromatic rings. The number of nitrogens with zero attached hydrogens (tertiary/aromatic N) is 2.